The molecule has 2 aromatic rings. The average molecular weight is 303 g/mol. The fourth-order valence-electron chi connectivity index (χ4n) is 2.74. The van der Waals surface area contributed by atoms with E-state index in [0.29, 0.717) is 30.7 Å². The van der Waals surface area contributed by atoms with Crippen LogP contribution in [0, 0.1) is 5.41 Å². The lowest BCUT2D eigenvalue weighted by Crippen LogP contribution is -2.34. The number of likely N-dealkylation sites (tertiary alicyclic amines) is 1. The first-order valence-corrected chi connectivity index (χ1v) is 7.21. The average Bonchev–Trinajstić information content (AvgIpc) is 3.10. The molecular weight excluding hydrogens is 286 g/mol. The molecule has 0 aliphatic carbocycles. The Hall–Kier alpha value is -2.44. The molecule has 1 aliphatic rings. The number of rotatable bonds is 3. The molecular formula is C15H17N3O4. The van der Waals surface area contributed by atoms with E-state index < -0.39 is 11.4 Å². The topological polar surface area (TPSA) is 96.5 Å². The van der Waals surface area contributed by atoms with E-state index >= 15 is 0 Å². The number of carboxylic acids is 1. The van der Waals surface area contributed by atoms with Crippen molar-refractivity contribution in [2.45, 2.75) is 26.7 Å². The summed E-state index contributed by atoms with van der Waals surface area (Å²) in [5.74, 6) is -1.08. The third-order valence-electron chi connectivity index (χ3n) is 4.26. The number of hydrogen-bond acceptors (Lipinski definition) is 5. The summed E-state index contributed by atoms with van der Waals surface area (Å²) in [5, 5.41) is 13.9. The molecule has 7 heteroatoms. The summed E-state index contributed by atoms with van der Waals surface area (Å²) in [7, 11) is 0. The monoisotopic (exact) mass is 303 g/mol. The van der Waals surface area contributed by atoms with Crippen LogP contribution in [-0.2, 0) is 11.2 Å². The molecule has 1 amide bonds. The van der Waals surface area contributed by atoms with E-state index in [9.17, 15) is 14.7 Å². The van der Waals surface area contributed by atoms with Crippen LogP contribution in [0.25, 0.3) is 11.1 Å². The second kappa shape index (κ2) is 5.08. The van der Waals surface area contributed by atoms with Gasteiger partial charge in [-0.3, -0.25) is 9.59 Å². The molecule has 1 unspecified atom stereocenters. The van der Waals surface area contributed by atoms with Crippen molar-refractivity contribution in [1.29, 1.82) is 0 Å². The van der Waals surface area contributed by atoms with Crippen molar-refractivity contribution in [3.8, 4) is 0 Å². The van der Waals surface area contributed by atoms with Crippen LogP contribution in [0.15, 0.2) is 16.8 Å². The van der Waals surface area contributed by atoms with Crippen molar-refractivity contribution in [2.75, 3.05) is 13.1 Å². The zero-order chi connectivity index (χ0) is 15.9. The van der Waals surface area contributed by atoms with Crippen LogP contribution in [0.2, 0.25) is 0 Å². The number of fused-ring (bicyclic) bond motifs is 1. The van der Waals surface area contributed by atoms with Gasteiger partial charge in [0.15, 0.2) is 0 Å². The van der Waals surface area contributed by atoms with Crippen molar-refractivity contribution >= 4 is 23.0 Å². The summed E-state index contributed by atoms with van der Waals surface area (Å²) in [5.41, 5.74) is 0.720. The maximum absolute atomic E-state index is 12.6. The summed E-state index contributed by atoms with van der Waals surface area (Å²) in [6, 6.07) is 1.72. The van der Waals surface area contributed by atoms with E-state index in [1.54, 1.807) is 17.9 Å². The number of carbonyl (C=O) groups is 2. The van der Waals surface area contributed by atoms with Gasteiger partial charge in [-0.15, -0.1) is 0 Å². The molecule has 0 spiro atoms. The maximum atomic E-state index is 12.6. The third kappa shape index (κ3) is 2.22. The minimum absolute atomic E-state index is 0.206. The minimum Gasteiger partial charge on any atom is -0.481 e. The van der Waals surface area contributed by atoms with Crippen LogP contribution >= 0.6 is 0 Å². The van der Waals surface area contributed by atoms with Gasteiger partial charge in [0.2, 0.25) is 0 Å². The molecule has 3 heterocycles. The van der Waals surface area contributed by atoms with Crippen LogP contribution < -0.4 is 0 Å². The van der Waals surface area contributed by atoms with Crippen molar-refractivity contribution in [3.63, 3.8) is 0 Å². The zero-order valence-corrected chi connectivity index (χ0v) is 12.5. The summed E-state index contributed by atoms with van der Waals surface area (Å²) < 4.78 is 5.10. The van der Waals surface area contributed by atoms with E-state index in [-0.39, 0.29) is 12.5 Å². The van der Waals surface area contributed by atoms with Crippen molar-refractivity contribution < 1.29 is 19.2 Å². The molecule has 0 aromatic carbocycles. The van der Waals surface area contributed by atoms with Gasteiger partial charge in [0.25, 0.3) is 11.6 Å². The Balaban J connectivity index is 1.88. The largest absolute Gasteiger partial charge is 0.481 e. The highest BCUT2D eigenvalue weighted by atomic mass is 16.5. The van der Waals surface area contributed by atoms with Gasteiger partial charge in [-0.2, -0.15) is 0 Å². The van der Waals surface area contributed by atoms with Gasteiger partial charge in [0.1, 0.15) is 0 Å². The van der Waals surface area contributed by atoms with Crippen molar-refractivity contribution in [1.82, 2.24) is 15.0 Å². The third-order valence-corrected chi connectivity index (χ3v) is 4.26. The first-order chi connectivity index (χ1) is 10.4. The van der Waals surface area contributed by atoms with E-state index in [0.717, 1.165) is 11.1 Å². The first-order valence-electron chi connectivity index (χ1n) is 7.21. The van der Waals surface area contributed by atoms with Gasteiger partial charge in [-0.05, 0) is 25.8 Å². The van der Waals surface area contributed by atoms with Gasteiger partial charge in [0.05, 0.1) is 22.1 Å². The quantitative estimate of drug-likeness (QED) is 0.927. The number of aryl methyl sites for hydroxylation is 1. The normalized spacial score (nSPS) is 21.5. The van der Waals surface area contributed by atoms with Gasteiger partial charge in [0, 0.05) is 19.3 Å². The zero-order valence-electron chi connectivity index (χ0n) is 12.5. The molecule has 0 saturated carbocycles. The Kier molecular flexibility index (Phi) is 3.35. The molecule has 0 radical (unpaired) electrons. The number of aliphatic carboxylic acids is 1. The lowest BCUT2D eigenvalue weighted by Gasteiger charge is -2.20. The molecule has 0 bridgehead atoms. The fourth-order valence-corrected chi connectivity index (χ4v) is 2.74. The molecule has 1 fully saturated rings. The van der Waals surface area contributed by atoms with Crippen LogP contribution in [0.4, 0.5) is 0 Å². The number of amides is 1. The smallest absolute Gasteiger partial charge is 0.311 e. The van der Waals surface area contributed by atoms with Crippen LogP contribution in [0.3, 0.4) is 0 Å². The number of carbonyl (C=O) groups excluding carboxylic acids is 1. The summed E-state index contributed by atoms with van der Waals surface area (Å²) in [6.07, 6.45) is 2.59. The molecule has 1 saturated heterocycles. The van der Waals surface area contributed by atoms with E-state index in [1.165, 1.54) is 6.20 Å². The highest BCUT2D eigenvalue weighted by Crippen LogP contribution is 2.31. The number of aromatic nitrogens is 2. The predicted octanol–water partition coefficient (Wildman–Crippen LogP) is 1.72. The van der Waals surface area contributed by atoms with Gasteiger partial charge < -0.3 is 14.5 Å². The summed E-state index contributed by atoms with van der Waals surface area (Å²) in [6.45, 7) is 4.26. The molecule has 7 nitrogen and oxygen atoms in total. The van der Waals surface area contributed by atoms with Gasteiger partial charge in [-0.1, -0.05) is 12.1 Å². The molecule has 22 heavy (non-hydrogen) atoms. The fraction of sp³-hybridized carbons (Fsp3) is 0.467. The Bertz CT molecular complexity index is 754. The van der Waals surface area contributed by atoms with E-state index in [1.807, 2.05) is 6.92 Å². The molecule has 3 rings (SSSR count). The van der Waals surface area contributed by atoms with Gasteiger partial charge >= 0.3 is 5.97 Å². The lowest BCUT2D eigenvalue weighted by atomic mass is 9.90. The SMILES string of the molecule is CCc1noc2ncc(C(=O)N3CCC(C)(C(=O)O)C3)cc12. The Labute approximate surface area is 126 Å². The van der Waals surface area contributed by atoms with Crippen LogP contribution in [-0.4, -0.2) is 45.1 Å². The van der Waals surface area contributed by atoms with Gasteiger partial charge in [-0.25, -0.2) is 4.98 Å². The van der Waals surface area contributed by atoms with Crippen LogP contribution in [0.5, 0.6) is 0 Å². The minimum atomic E-state index is -0.876. The number of carboxylic acid groups (broad SMARTS) is 1. The molecule has 1 N–H and O–H groups in total. The molecule has 2 aromatic heterocycles. The second-order valence-corrected chi connectivity index (χ2v) is 5.90. The predicted molar refractivity (Wildman–Crippen MR) is 77.4 cm³/mol. The highest BCUT2D eigenvalue weighted by Gasteiger charge is 2.42. The Morgan fingerprint density at radius 3 is 2.91 bits per heavy atom. The molecule has 1 atom stereocenters. The maximum Gasteiger partial charge on any atom is 0.311 e. The number of nitrogens with zero attached hydrogens (tertiary/aromatic N) is 3. The lowest BCUT2D eigenvalue weighted by molar-refractivity contribution is -0.147. The molecule has 1 aliphatic heterocycles. The molecule has 116 valence electrons. The van der Waals surface area contributed by atoms with Crippen molar-refractivity contribution in [2.24, 2.45) is 5.41 Å². The standard InChI is InChI=1S/C15H17N3O4/c1-3-11-10-6-9(7-16-12(10)22-17-11)13(19)18-5-4-15(2,8-18)14(20)21/h6-7H,3-5,8H2,1-2H3,(H,20,21). The first kappa shape index (κ1) is 14.5. The van der Waals surface area contributed by atoms with Crippen molar-refractivity contribution in [3.05, 3.63) is 23.5 Å². The number of hydrogen-bond donors (Lipinski definition) is 1. The second-order valence-electron chi connectivity index (χ2n) is 5.90. The highest BCUT2D eigenvalue weighted by molar-refractivity contribution is 5.97. The Morgan fingerprint density at radius 1 is 1.50 bits per heavy atom. The van der Waals surface area contributed by atoms with E-state index in [4.69, 9.17) is 4.52 Å². The summed E-state index contributed by atoms with van der Waals surface area (Å²) in [4.78, 5) is 29.5. The van der Waals surface area contributed by atoms with Crippen LogP contribution in [0.1, 0.15) is 36.3 Å². The summed E-state index contributed by atoms with van der Waals surface area (Å²) >= 11 is 0. The Morgan fingerprint density at radius 2 is 2.27 bits per heavy atom. The van der Waals surface area contributed by atoms with E-state index in [2.05, 4.69) is 10.1 Å². The number of pyridine rings is 1.